The van der Waals surface area contributed by atoms with Crippen LogP contribution in [-0.2, 0) is 11.5 Å². The van der Waals surface area contributed by atoms with Gasteiger partial charge in [-0.15, -0.1) is 0 Å². The monoisotopic (exact) mass is 330 g/mol. The Morgan fingerprint density at radius 3 is 2.47 bits per heavy atom. The van der Waals surface area contributed by atoms with E-state index in [0.29, 0.717) is 5.56 Å². The predicted octanol–water partition coefficient (Wildman–Crippen LogP) is 4.37. The van der Waals surface area contributed by atoms with E-state index in [1.54, 1.807) is 12.1 Å². The van der Waals surface area contributed by atoms with Crippen molar-refractivity contribution in [2.24, 2.45) is 0 Å². The maximum atomic E-state index is 12.9. The van der Waals surface area contributed by atoms with Crippen LogP contribution in [0.4, 0.5) is 13.2 Å². The van der Waals surface area contributed by atoms with Crippen LogP contribution < -0.4 is 0 Å². The molecule has 1 heterocycles. The summed E-state index contributed by atoms with van der Waals surface area (Å²) in [5.41, 5.74) is 0.582. The van der Waals surface area contributed by atoms with Gasteiger partial charge in [-0.1, -0.05) is 40.2 Å². The molecule has 0 radical (unpaired) electrons. The molecule has 19 heavy (non-hydrogen) atoms. The Bertz CT molecular complexity index is 597. The first-order valence-corrected chi connectivity index (χ1v) is 6.60. The number of aromatic nitrogens is 2. The lowest BCUT2D eigenvalue weighted by Gasteiger charge is -2.12. The van der Waals surface area contributed by atoms with Crippen molar-refractivity contribution in [3.05, 3.63) is 47.3 Å². The van der Waals surface area contributed by atoms with Crippen molar-refractivity contribution in [1.82, 2.24) is 9.97 Å². The van der Waals surface area contributed by atoms with Crippen LogP contribution in [0.25, 0.3) is 11.4 Å². The van der Waals surface area contributed by atoms with Crippen LogP contribution in [0.2, 0.25) is 0 Å². The van der Waals surface area contributed by atoms with Crippen LogP contribution in [0, 0.1) is 6.92 Å². The second-order valence-corrected chi connectivity index (χ2v) is 4.57. The van der Waals surface area contributed by atoms with Gasteiger partial charge in [-0.25, -0.2) is 9.97 Å². The SMILES string of the molecule is Cc1ccccc1-c1ncc(CBr)c(C(F)(F)F)n1. The summed E-state index contributed by atoms with van der Waals surface area (Å²) in [7, 11) is 0. The van der Waals surface area contributed by atoms with Gasteiger partial charge in [0, 0.05) is 22.7 Å². The molecule has 0 fully saturated rings. The van der Waals surface area contributed by atoms with Gasteiger partial charge in [0.25, 0.3) is 0 Å². The zero-order chi connectivity index (χ0) is 14.0. The first-order chi connectivity index (χ1) is 8.93. The van der Waals surface area contributed by atoms with Crippen molar-refractivity contribution in [1.29, 1.82) is 0 Å². The number of benzene rings is 1. The molecule has 0 amide bonds. The smallest absolute Gasteiger partial charge is 0.236 e. The Balaban J connectivity index is 2.59. The summed E-state index contributed by atoms with van der Waals surface area (Å²) in [6, 6.07) is 7.08. The summed E-state index contributed by atoms with van der Waals surface area (Å²) in [6.45, 7) is 1.81. The minimum Gasteiger partial charge on any atom is -0.236 e. The second-order valence-electron chi connectivity index (χ2n) is 4.01. The molecule has 6 heteroatoms. The average molecular weight is 331 g/mol. The summed E-state index contributed by atoms with van der Waals surface area (Å²) in [4.78, 5) is 7.69. The third-order valence-corrected chi connectivity index (χ3v) is 3.27. The molecule has 0 unspecified atom stereocenters. The third kappa shape index (κ3) is 2.94. The lowest BCUT2D eigenvalue weighted by molar-refractivity contribution is -0.141. The highest BCUT2D eigenvalue weighted by Gasteiger charge is 2.35. The van der Waals surface area contributed by atoms with E-state index in [0.717, 1.165) is 5.56 Å². The van der Waals surface area contributed by atoms with Gasteiger partial charge in [0.05, 0.1) is 0 Å². The minimum absolute atomic E-state index is 0.0323. The van der Waals surface area contributed by atoms with Gasteiger partial charge in [-0.3, -0.25) is 0 Å². The van der Waals surface area contributed by atoms with Crippen LogP contribution in [0.5, 0.6) is 0 Å². The van der Waals surface area contributed by atoms with E-state index in [4.69, 9.17) is 0 Å². The number of halogens is 4. The van der Waals surface area contributed by atoms with Gasteiger partial charge in [-0.05, 0) is 12.5 Å². The highest BCUT2D eigenvalue weighted by Crippen LogP contribution is 2.32. The van der Waals surface area contributed by atoms with Crippen LogP contribution in [0.15, 0.2) is 30.5 Å². The molecular formula is C13H10BrF3N2. The van der Waals surface area contributed by atoms with Gasteiger partial charge in [0.1, 0.15) is 0 Å². The van der Waals surface area contributed by atoms with Crippen molar-refractivity contribution >= 4 is 15.9 Å². The lowest BCUT2D eigenvalue weighted by atomic mass is 10.1. The zero-order valence-corrected chi connectivity index (χ0v) is 11.6. The molecule has 0 aliphatic rings. The fourth-order valence-electron chi connectivity index (χ4n) is 1.70. The van der Waals surface area contributed by atoms with Gasteiger partial charge < -0.3 is 0 Å². The van der Waals surface area contributed by atoms with Gasteiger partial charge in [0.15, 0.2) is 11.5 Å². The quantitative estimate of drug-likeness (QED) is 0.764. The van der Waals surface area contributed by atoms with Crippen molar-refractivity contribution in [2.45, 2.75) is 18.4 Å². The van der Waals surface area contributed by atoms with E-state index < -0.39 is 11.9 Å². The normalized spacial score (nSPS) is 11.6. The zero-order valence-electron chi connectivity index (χ0n) is 10.0. The number of aryl methyl sites for hydroxylation is 1. The van der Waals surface area contributed by atoms with E-state index >= 15 is 0 Å². The first-order valence-electron chi connectivity index (χ1n) is 5.48. The maximum absolute atomic E-state index is 12.9. The van der Waals surface area contributed by atoms with E-state index in [1.165, 1.54) is 6.20 Å². The summed E-state index contributed by atoms with van der Waals surface area (Å²) in [5, 5.41) is 0.0654. The number of alkyl halides is 4. The molecular weight excluding hydrogens is 321 g/mol. The van der Waals surface area contributed by atoms with Gasteiger partial charge in [-0.2, -0.15) is 13.2 Å². The molecule has 0 spiro atoms. The Morgan fingerprint density at radius 1 is 1.21 bits per heavy atom. The number of hydrogen-bond donors (Lipinski definition) is 0. The van der Waals surface area contributed by atoms with Crippen molar-refractivity contribution in [3.8, 4) is 11.4 Å². The van der Waals surface area contributed by atoms with Crippen LogP contribution in [-0.4, -0.2) is 9.97 Å². The topological polar surface area (TPSA) is 25.8 Å². The molecule has 2 nitrogen and oxygen atoms in total. The molecule has 100 valence electrons. The van der Waals surface area contributed by atoms with E-state index in [1.807, 2.05) is 19.1 Å². The van der Waals surface area contributed by atoms with Gasteiger partial charge in [0.2, 0.25) is 0 Å². The lowest BCUT2D eigenvalue weighted by Crippen LogP contribution is -2.13. The molecule has 0 N–H and O–H groups in total. The summed E-state index contributed by atoms with van der Waals surface area (Å²) < 4.78 is 38.8. The standard InChI is InChI=1S/C13H10BrF3N2/c1-8-4-2-3-5-10(8)12-18-7-9(6-14)11(19-12)13(15,16)17/h2-5,7H,6H2,1H3. The highest BCUT2D eigenvalue weighted by molar-refractivity contribution is 9.08. The first kappa shape index (κ1) is 14.0. The van der Waals surface area contributed by atoms with Crippen LogP contribution in [0.3, 0.4) is 0 Å². The van der Waals surface area contributed by atoms with Crippen molar-refractivity contribution in [2.75, 3.05) is 0 Å². The maximum Gasteiger partial charge on any atom is 0.433 e. The Hall–Kier alpha value is -1.43. The summed E-state index contributed by atoms with van der Waals surface area (Å²) in [5.74, 6) is 0.0927. The fraction of sp³-hybridized carbons (Fsp3) is 0.231. The van der Waals surface area contributed by atoms with Crippen LogP contribution in [0.1, 0.15) is 16.8 Å². The number of rotatable bonds is 2. The summed E-state index contributed by atoms with van der Waals surface area (Å²) >= 11 is 3.02. The van der Waals surface area contributed by atoms with Gasteiger partial charge >= 0.3 is 6.18 Å². The van der Waals surface area contributed by atoms with E-state index in [2.05, 4.69) is 25.9 Å². The predicted molar refractivity (Wildman–Crippen MR) is 69.8 cm³/mol. The third-order valence-electron chi connectivity index (χ3n) is 2.66. The minimum atomic E-state index is -4.48. The Morgan fingerprint density at radius 2 is 1.89 bits per heavy atom. The summed E-state index contributed by atoms with van der Waals surface area (Å²) in [6.07, 6.45) is -3.27. The molecule has 0 saturated heterocycles. The molecule has 0 atom stereocenters. The highest BCUT2D eigenvalue weighted by atomic mass is 79.9. The Kier molecular flexibility index (Phi) is 3.89. The van der Waals surface area contributed by atoms with Crippen molar-refractivity contribution < 1.29 is 13.2 Å². The second kappa shape index (κ2) is 5.28. The molecule has 0 saturated carbocycles. The largest absolute Gasteiger partial charge is 0.433 e. The molecule has 1 aromatic heterocycles. The number of nitrogens with zero attached hydrogens (tertiary/aromatic N) is 2. The molecule has 0 aliphatic heterocycles. The van der Waals surface area contributed by atoms with E-state index in [9.17, 15) is 13.2 Å². The van der Waals surface area contributed by atoms with E-state index in [-0.39, 0.29) is 16.7 Å². The molecule has 0 aliphatic carbocycles. The number of hydrogen-bond acceptors (Lipinski definition) is 2. The average Bonchev–Trinajstić information content (AvgIpc) is 2.37. The van der Waals surface area contributed by atoms with Crippen LogP contribution >= 0.6 is 15.9 Å². The van der Waals surface area contributed by atoms with Crippen molar-refractivity contribution in [3.63, 3.8) is 0 Å². The fourth-order valence-corrected chi connectivity index (χ4v) is 2.11. The molecule has 2 rings (SSSR count). The molecule has 2 aromatic rings. The molecule has 1 aromatic carbocycles. The Labute approximate surface area is 116 Å². The molecule has 0 bridgehead atoms.